The molecule has 0 saturated carbocycles. The minimum Gasteiger partial charge on any atom is -1.00 e. The molecule has 0 aliphatic carbocycles. The monoisotopic (exact) mass is 669 g/mol. The predicted octanol–water partition coefficient (Wildman–Crippen LogP) is -12.3. The molecule has 0 fully saturated rings. The molecule has 226 valence electrons. The number of rotatable bonds is 5. The van der Waals surface area contributed by atoms with E-state index in [2.05, 4.69) is 83.8 Å². The van der Waals surface area contributed by atoms with Crippen LogP contribution in [-0.2, 0) is 35.2 Å². The van der Waals surface area contributed by atoms with Gasteiger partial charge in [-0.25, -0.2) is 22.8 Å². The second-order valence-corrected chi connectivity index (χ2v) is 9.13. The summed E-state index contributed by atoms with van der Waals surface area (Å²) in [5.74, 6) is 0. The van der Waals surface area contributed by atoms with E-state index in [1.807, 2.05) is 107 Å². The van der Waals surface area contributed by atoms with Gasteiger partial charge in [0.2, 0.25) is 0 Å². The number of pyridine rings is 5. The van der Waals surface area contributed by atoms with E-state index in [1.54, 1.807) is 0 Å². The summed E-state index contributed by atoms with van der Waals surface area (Å²) >= 11 is 0. The molecule has 0 aromatic carbocycles. The summed E-state index contributed by atoms with van der Waals surface area (Å²) in [6.07, 6.45) is 20.5. The van der Waals surface area contributed by atoms with Gasteiger partial charge in [-0.15, -0.1) is 0 Å². The van der Waals surface area contributed by atoms with Gasteiger partial charge in [-0.2, -0.15) is 0 Å². The van der Waals surface area contributed by atoms with Gasteiger partial charge in [-0.3, -0.25) is 0 Å². The molecular formula is C30H36Cl5N7. The van der Waals surface area contributed by atoms with Crippen LogP contribution >= 0.6 is 0 Å². The lowest BCUT2D eigenvalue weighted by Gasteiger charge is -2.23. The molecule has 5 aromatic heterocycles. The molecule has 42 heavy (non-hydrogen) atoms. The maximum Gasteiger partial charge on any atom is 0.170 e. The minimum absolute atomic E-state index is 0. The number of nitrogens with one attached hydrogen (secondary N) is 1. The highest BCUT2D eigenvalue weighted by atomic mass is 35.5. The summed E-state index contributed by atoms with van der Waals surface area (Å²) in [4.78, 5) is 2.25. The third kappa shape index (κ3) is 12.0. The molecule has 0 amide bonds. The van der Waals surface area contributed by atoms with E-state index in [9.17, 15) is 0 Å². The van der Waals surface area contributed by atoms with Crippen LogP contribution in [0.4, 0.5) is 28.4 Å². The van der Waals surface area contributed by atoms with E-state index in [4.69, 9.17) is 0 Å². The smallest absolute Gasteiger partial charge is 0.170 e. The van der Waals surface area contributed by atoms with Gasteiger partial charge < -0.3 is 72.3 Å². The fourth-order valence-electron chi connectivity index (χ4n) is 3.71. The van der Waals surface area contributed by atoms with Crippen molar-refractivity contribution in [3.63, 3.8) is 0 Å². The van der Waals surface area contributed by atoms with E-state index >= 15 is 0 Å². The van der Waals surface area contributed by atoms with Gasteiger partial charge in [-0.1, -0.05) is 0 Å². The third-order valence-corrected chi connectivity index (χ3v) is 5.90. The first-order chi connectivity index (χ1) is 17.9. The summed E-state index contributed by atoms with van der Waals surface area (Å²) in [7, 11) is 10.1. The van der Waals surface area contributed by atoms with E-state index in [0.717, 1.165) is 28.4 Å². The number of halogens is 5. The van der Waals surface area contributed by atoms with Gasteiger partial charge in [0, 0.05) is 60.7 Å². The lowest BCUT2D eigenvalue weighted by Crippen LogP contribution is -3.00. The zero-order valence-corrected chi connectivity index (χ0v) is 27.9. The zero-order valence-electron chi connectivity index (χ0n) is 24.1. The Kier molecular flexibility index (Phi) is 19.3. The van der Waals surface area contributed by atoms with Crippen molar-refractivity contribution in [1.29, 1.82) is 0 Å². The predicted molar refractivity (Wildman–Crippen MR) is 143 cm³/mol. The molecule has 7 nitrogen and oxygen atoms in total. The van der Waals surface area contributed by atoms with Crippen LogP contribution in [0.3, 0.4) is 0 Å². The molecule has 12 heteroatoms. The van der Waals surface area contributed by atoms with E-state index < -0.39 is 0 Å². The Morgan fingerprint density at radius 3 is 0.762 bits per heavy atom. The summed E-state index contributed by atoms with van der Waals surface area (Å²) in [6, 6.07) is 20.9. The van der Waals surface area contributed by atoms with E-state index in [0.29, 0.717) is 0 Å². The Labute approximate surface area is 280 Å². The van der Waals surface area contributed by atoms with Crippen molar-refractivity contribution in [2.45, 2.75) is 0 Å². The molecule has 1 N–H and O–H groups in total. The van der Waals surface area contributed by atoms with Crippen molar-refractivity contribution in [3.8, 4) is 0 Å². The van der Waals surface area contributed by atoms with Crippen molar-refractivity contribution in [3.05, 3.63) is 123 Å². The number of aryl methyl sites for hydroxylation is 5. The van der Waals surface area contributed by atoms with Crippen molar-refractivity contribution in [2.75, 3.05) is 10.2 Å². The molecule has 5 rings (SSSR count). The maximum atomic E-state index is 3.33. The van der Waals surface area contributed by atoms with E-state index in [1.165, 1.54) is 0 Å². The fourth-order valence-corrected chi connectivity index (χ4v) is 3.71. The van der Waals surface area contributed by atoms with Crippen LogP contribution in [-0.4, -0.2) is 0 Å². The first kappa shape index (κ1) is 40.9. The fraction of sp³-hybridized carbons (Fsp3) is 0.167. The zero-order chi connectivity index (χ0) is 26.2. The molecule has 0 unspecified atom stereocenters. The van der Waals surface area contributed by atoms with Crippen LogP contribution in [0, 0.1) is 0 Å². The third-order valence-electron chi connectivity index (χ3n) is 5.90. The van der Waals surface area contributed by atoms with Crippen LogP contribution in [0.5, 0.6) is 0 Å². The Hall–Kier alpha value is -3.20. The topological polar surface area (TPSA) is 34.7 Å². The second kappa shape index (κ2) is 19.8. The number of hydrogen-bond acceptors (Lipinski definition) is 2. The minimum atomic E-state index is 0. The average Bonchev–Trinajstić information content (AvgIpc) is 2.91. The van der Waals surface area contributed by atoms with Crippen LogP contribution in [0.15, 0.2) is 123 Å². The summed E-state index contributed by atoms with van der Waals surface area (Å²) in [5.41, 5.74) is 5.62. The van der Waals surface area contributed by atoms with Crippen LogP contribution < -0.4 is 95.1 Å². The molecule has 5 heterocycles. The molecular weight excluding hydrogens is 636 g/mol. The molecule has 0 saturated heterocycles. The van der Waals surface area contributed by atoms with Crippen LogP contribution in [0.25, 0.3) is 0 Å². The van der Waals surface area contributed by atoms with Gasteiger partial charge in [0.1, 0.15) is 35.2 Å². The number of nitrogens with zero attached hydrogens (tertiary/aromatic N) is 6. The maximum absolute atomic E-state index is 3.33. The van der Waals surface area contributed by atoms with Crippen molar-refractivity contribution >= 4 is 28.4 Å². The van der Waals surface area contributed by atoms with Crippen molar-refractivity contribution < 1.29 is 84.9 Å². The standard InChI is InChI=1S/C18H21N4.C12H14N3.5ClH/c1-19-10-4-16(5-11-19)22(17-6-12-20(2)13-7-17)18-8-14-21(3)15-9-18;1-14-7-3-11(4-8-14)13-12-5-9-15(2)10-6-12;;;;;/h4-15H,1-3H3;3-10H,1-2H3;5*1H/q+3;+1;;;;;/p-4. The molecule has 0 atom stereocenters. The number of aromatic nitrogens is 5. The Balaban J connectivity index is 0. The Bertz CT molecular complexity index is 1270. The summed E-state index contributed by atoms with van der Waals surface area (Å²) in [5, 5.41) is 3.33. The van der Waals surface area contributed by atoms with Gasteiger partial charge >= 0.3 is 0 Å². The molecule has 0 spiro atoms. The lowest BCUT2D eigenvalue weighted by atomic mass is 10.2. The number of hydrogen-bond donors (Lipinski definition) is 1. The molecule has 5 aromatic rings. The highest BCUT2D eigenvalue weighted by Crippen LogP contribution is 2.32. The first-order valence-electron chi connectivity index (χ1n) is 12.2. The number of anilines is 5. The quantitative estimate of drug-likeness (QED) is 0.189. The average molecular weight is 672 g/mol. The molecule has 0 bridgehead atoms. The van der Waals surface area contributed by atoms with Gasteiger partial charge in [0.05, 0.1) is 28.4 Å². The second-order valence-electron chi connectivity index (χ2n) is 9.13. The highest BCUT2D eigenvalue weighted by Gasteiger charge is 2.15. The first-order valence-corrected chi connectivity index (χ1v) is 12.2. The van der Waals surface area contributed by atoms with E-state index in [-0.39, 0.29) is 62.0 Å². The normalized spacial score (nSPS) is 9.07. The summed E-state index contributed by atoms with van der Waals surface area (Å²) < 4.78 is 10.1. The van der Waals surface area contributed by atoms with Crippen molar-refractivity contribution in [1.82, 2.24) is 0 Å². The lowest BCUT2D eigenvalue weighted by molar-refractivity contribution is -0.671. The highest BCUT2D eigenvalue weighted by molar-refractivity contribution is 5.75. The SMILES string of the molecule is C[n+]1ccc(N(c2cc[n+](C)cc2)c2cc[n+](C)cc2)cc1.C[n+]1ccc(Nc2cc[n+](C)cc2)cc1.[Cl-].[Cl-].[Cl-].[Cl-].[Cl-]. The van der Waals surface area contributed by atoms with Gasteiger partial charge in [0.15, 0.2) is 62.0 Å². The van der Waals surface area contributed by atoms with Crippen LogP contribution in [0.2, 0.25) is 0 Å². The van der Waals surface area contributed by atoms with Crippen molar-refractivity contribution in [2.24, 2.45) is 35.2 Å². The Morgan fingerprint density at radius 2 is 0.548 bits per heavy atom. The van der Waals surface area contributed by atoms with Crippen LogP contribution in [0.1, 0.15) is 0 Å². The molecule has 0 radical (unpaired) electrons. The summed E-state index contributed by atoms with van der Waals surface area (Å²) in [6.45, 7) is 0. The van der Waals surface area contributed by atoms with Gasteiger partial charge in [0.25, 0.3) is 0 Å². The van der Waals surface area contributed by atoms with Gasteiger partial charge in [-0.05, 0) is 0 Å². The molecule has 0 aliphatic heterocycles. The molecule has 0 aliphatic rings. The largest absolute Gasteiger partial charge is 1.00 e. The Morgan fingerprint density at radius 1 is 0.357 bits per heavy atom.